The summed E-state index contributed by atoms with van der Waals surface area (Å²) in [7, 11) is 0. The minimum absolute atomic E-state index is 0.170. The molecule has 110 valence electrons. The maximum atomic E-state index is 12.1. The second kappa shape index (κ2) is 5.83. The van der Waals surface area contributed by atoms with Crippen molar-refractivity contribution in [1.82, 2.24) is 5.32 Å². The summed E-state index contributed by atoms with van der Waals surface area (Å²) in [6.07, 6.45) is 0.302. The molecule has 0 aliphatic carbocycles. The van der Waals surface area contributed by atoms with Crippen LogP contribution in [0.3, 0.4) is 0 Å². The zero-order valence-corrected chi connectivity index (χ0v) is 13.0. The molecule has 0 heterocycles. The SMILES string of the molecule is CC(C)(C)CC(=O)NC(C)(C(N)=O)c1cccc(Cl)c1. The van der Waals surface area contributed by atoms with E-state index in [1.807, 2.05) is 20.8 Å². The molecule has 1 rings (SSSR count). The van der Waals surface area contributed by atoms with Gasteiger partial charge in [0, 0.05) is 11.4 Å². The van der Waals surface area contributed by atoms with Crippen LogP contribution in [0.5, 0.6) is 0 Å². The lowest BCUT2D eigenvalue weighted by atomic mass is 9.88. The van der Waals surface area contributed by atoms with E-state index < -0.39 is 11.4 Å². The monoisotopic (exact) mass is 296 g/mol. The largest absolute Gasteiger partial charge is 0.367 e. The number of carbonyl (C=O) groups is 2. The molecule has 0 radical (unpaired) electrons. The van der Waals surface area contributed by atoms with Crippen LogP contribution in [0.1, 0.15) is 39.7 Å². The van der Waals surface area contributed by atoms with Gasteiger partial charge in [-0.05, 0) is 30.0 Å². The van der Waals surface area contributed by atoms with Crippen LogP contribution in [0.25, 0.3) is 0 Å². The highest BCUT2D eigenvalue weighted by molar-refractivity contribution is 6.30. The predicted molar refractivity (Wildman–Crippen MR) is 80.2 cm³/mol. The van der Waals surface area contributed by atoms with Crippen LogP contribution in [0.4, 0.5) is 0 Å². The Morgan fingerprint density at radius 2 is 1.85 bits per heavy atom. The van der Waals surface area contributed by atoms with Gasteiger partial charge < -0.3 is 11.1 Å². The van der Waals surface area contributed by atoms with Crippen LogP contribution in [-0.2, 0) is 15.1 Å². The fourth-order valence-electron chi connectivity index (χ4n) is 1.88. The predicted octanol–water partition coefficient (Wildman–Crippen LogP) is 2.59. The minimum Gasteiger partial charge on any atom is -0.367 e. The summed E-state index contributed by atoms with van der Waals surface area (Å²) in [5.41, 5.74) is 4.60. The second-order valence-electron chi connectivity index (χ2n) is 6.29. The summed E-state index contributed by atoms with van der Waals surface area (Å²) in [4.78, 5) is 23.9. The molecule has 0 aliphatic heterocycles. The highest BCUT2D eigenvalue weighted by atomic mass is 35.5. The lowest BCUT2D eigenvalue weighted by Gasteiger charge is -2.29. The molecule has 0 aliphatic rings. The molecule has 5 heteroatoms. The molecule has 1 aromatic carbocycles. The van der Waals surface area contributed by atoms with E-state index in [2.05, 4.69) is 5.32 Å². The second-order valence-corrected chi connectivity index (χ2v) is 6.72. The van der Waals surface area contributed by atoms with Crippen LogP contribution in [0, 0.1) is 5.41 Å². The van der Waals surface area contributed by atoms with Crippen LogP contribution >= 0.6 is 11.6 Å². The van der Waals surface area contributed by atoms with E-state index in [-0.39, 0.29) is 11.3 Å². The summed E-state index contributed by atoms with van der Waals surface area (Å²) in [6, 6.07) is 6.76. The average molecular weight is 297 g/mol. The molecule has 1 atom stereocenters. The van der Waals surface area contributed by atoms with Gasteiger partial charge in [-0.3, -0.25) is 9.59 Å². The van der Waals surface area contributed by atoms with Gasteiger partial charge in [-0.1, -0.05) is 44.5 Å². The Morgan fingerprint density at radius 1 is 1.25 bits per heavy atom. The van der Waals surface area contributed by atoms with Crippen molar-refractivity contribution in [2.24, 2.45) is 11.1 Å². The highest BCUT2D eigenvalue weighted by Crippen LogP contribution is 2.25. The van der Waals surface area contributed by atoms with Crippen LogP contribution in [0.2, 0.25) is 5.02 Å². The summed E-state index contributed by atoms with van der Waals surface area (Å²) in [5, 5.41) is 3.21. The summed E-state index contributed by atoms with van der Waals surface area (Å²) in [5.74, 6) is -0.846. The Hall–Kier alpha value is -1.55. The zero-order chi connectivity index (χ0) is 15.6. The standard InChI is InChI=1S/C15H21ClN2O2/c1-14(2,3)9-12(19)18-15(4,13(17)20)10-6-5-7-11(16)8-10/h5-8H,9H2,1-4H3,(H2,17,20)(H,18,19). The number of carbonyl (C=O) groups excluding carboxylic acids is 2. The maximum absolute atomic E-state index is 12.1. The van der Waals surface area contributed by atoms with E-state index in [1.165, 1.54) is 0 Å². The molecular weight excluding hydrogens is 276 g/mol. The van der Waals surface area contributed by atoms with Crippen molar-refractivity contribution in [3.05, 3.63) is 34.9 Å². The van der Waals surface area contributed by atoms with Crippen molar-refractivity contribution in [3.8, 4) is 0 Å². The van der Waals surface area contributed by atoms with Gasteiger partial charge in [-0.15, -0.1) is 0 Å². The van der Waals surface area contributed by atoms with Gasteiger partial charge in [0.05, 0.1) is 0 Å². The zero-order valence-electron chi connectivity index (χ0n) is 12.3. The van der Waals surface area contributed by atoms with Gasteiger partial charge in [0.15, 0.2) is 0 Å². The molecule has 0 fully saturated rings. The third kappa shape index (κ3) is 4.23. The van der Waals surface area contributed by atoms with Crippen molar-refractivity contribution in [1.29, 1.82) is 0 Å². The molecule has 20 heavy (non-hydrogen) atoms. The molecule has 0 bridgehead atoms. The Labute approximate surface area is 124 Å². The minimum atomic E-state index is -1.27. The molecule has 0 spiro atoms. The van der Waals surface area contributed by atoms with Gasteiger partial charge in [-0.25, -0.2) is 0 Å². The number of nitrogens with one attached hydrogen (secondary N) is 1. The summed E-state index contributed by atoms with van der Waals surface area (Å²) >= 11 is 5.93. The van der Waals surface area contributed by atoms with Crippen LogP contribution in [0.15, 0.2) is 24.3 Å². The quantitative estimate of drug-likeness (QED) is 0.896. The van der Waals surface area contributed by atoms with E-state index in [9.17, 15) is 9.59 Å². The molecule has 0 aromatic heterocycles. The van der Waals surface area contributed by atoms with Gasteiger partial charge in [0.1, 0.15) is 5.54 Å². The number of nitrogens with two attached hydrogens (primary N) is 1. The number of primary amides is 1. The Balaban J connectivity index is 3.05. The number of amides is 2. The van der Waals surface area contributed by atoms with E-state index in [0.717, 1.165) is 0 Å². The summed E-state index contributed by atoms with van der Waals surface area (Å²) in [6.45, 7) is 7.44. The third-order valence-corrected chi connectivity index (χ3v) is 3.21. The molecule has 1 aromatic rings. The lowest BCUT2D eigenvalue weighted by Crippen LogP contribution is -2.53. The van der Waals surface area contributed by atoms with Crippen molar-refractivity contribution in [2.45, 2.75) is 39.7 Å². The van der Waals surface area contributed by atoms with Gasteiger partial charge in [-0.2, -0.15) is 0 Å². The van der Waals surface area contributed by atoms with Gasteiger partial charge >= 0.3 is 0 Å². The fraction of sp³-hybridized carbons (Fsp3) is 0.467. The number of halogens is 1. The normalized spacial score (nSPS) is 14.4. The van der Waals surface area contributed by atoms with Crippen LogP contribution in [-0.4, -0.2) is 11.8 Å². The fourth-order valence-corrected chi connectivity index (χ4v) is 2.07. The summed E-state index contributed by atoms with van der Waals surface area (Å²) < 4.78 is 0. The van der Waals surface area contributed by atoms with Gasteiger partial charge in [0.25, 0.3) is 0 Å². The molecule has 3 N–H and O–H groups in total. The van der Waals surface area contributed by atoms with E-state index >= 15 is 0 Å². The number of benzene rings is 1. The van der Waals surface area contributed by atoms with E-state index in [1.54, 1.807) is 31.2 Å². The maximum Gasteiger partial charge on any atom is 0.247 e. The van der Waals surface area contributed by atoms with Crippen molar-refractivity contribution >= 4 is 23.4 Å². The Bertz CT molecular complexity index is 523. The molecule has 1 unspecified atom stereocenters. The third-order valence-electron chi connectivity index (χ3n) is 2.98. The number of hydrogen-bond acceptors (Lipinski definition) is 2. The first kappa shape index (κ1) is 16.5. The van der Waals surface area contributed by atoms with Crippen molar-refractivity contribution in [2.75, 3.05) is 0 Å². The van der Waals surface area contributed by atoms with Crippen molar-refractivity contribution < 1.29 is 9.59 Å². The van der Waals surface area contributed by atoms with Crippen LogP contribution < -0.4 is 11.1 Å². The topological polar surface area (TPSA) is 72.2 Å². The average Bonchev–Trinajstić information content (AvgIpc) is 2.25. The van der Waals surface area contributed by atoms with Gasteiger partial charge in [0.2, 0.25) is 11.8 Å². The smallest absolute Gasteiger partial charge is 0.247 e. The van der Waals surface area contributed by atoms with E-state index in [0.29, 0.717) is 17.0 Å². The lowest BCUT2D eigenvalue weighted by molar-refractivity contribution is -0.132. The molecule has 4 nitrogen and oxygen atoms in total. The molecule has 2 amide bonds. The first-order valence-electron chi connectivity index (χ1n) is 6.41. The number of rotatable bonds is 4. The highest BCUT2D eigenvalue weighted by Gasteiger charge is 2.35. The first-order chi connectivity index (χ1) is 9.04. The molecule has 0 saturated carbocycles. The first-order valence-corrected chi connectivity index (χ1v) is 6.79. The Morgan fingerprint density at radius 3 is 2.30 bits per heavy atom. The van der Waals surface area contributed by atoms with Crippen molar-refractivity contribution in [3.63, 3.8) is 0 Å². The molecular formula is C15H21ClN2O2. The molecule has 0 saturated heterocycles. The Kier molecular flexibility index (Phi) is 4.81. The number of hydrogen-bond donors (Lipinski definition) is 2. The van der Waals surface area contributed by atoms with E-state index in [4.69, 9.17) is 17.3 Å².